The number of sulfone groups is 1. The van der Waals surface area contributed by atoms with Crippen LogP contribution < -0.4 is 5.32 Å². The molecule has 4 rings (SSSR count). The molecular formula is C21H20FN3O3S. The van der Waals surface area contributed by atoms with Gasteiger partial charge in [0, 0.05) is 23.9 Å². The molecular weight excluding hydrogens is 393 g/mol. The van der Waals surface area contributed by atoms with Crippen molar-refractivity contribution in [3.8, 4) is 16.9 Å². The molecule has 0 bridgehead atoms. The lowest BCUT2D eigenvalue weighted by Gasteiger charge is -2.09. The van der Waals surface area contributed by atoms with Crippen molar-refractivity contribution in [2.75, 3.05) is 11.5 Å². The summed E-state index contributed by atoms with van der Waals surface area (Å²) in [6.45, 7) is 0.203. The van der Waals surface area contributed by atoms with E-state index in [4.69, 9.17) is 0 Å². The minimum atomic E-state index is -3.12. The maximum Gasteiger partial charge on any atom is 0.224 e. The second-order valence-corrected chi connectivity index (χ2v) is 9.34. The van der Waals surface area contributed by atoms with Gasteiger partial charge in [-0.3, -0.25) is 4.79 Å². The Morgan fingerprint density at radius 3 is 2.52 bits per heavy atom. The Morgan fingerprint density at radius 1 is 1.14 bits per heavy atom. The summed E-state index contributed by atoms with van der Waals surface area (Å²) in [7, 11) is -3.12. The van der Waals surface area contributed by atoms with Crippen LogP contribution in [0.2, 0.25) is 0 Å². The fraction of sp³-hybridized carbons (Fsp3) is 0.238. The molecule has 1 unspecified atom stereocenters. The van der Waals surface area contributed by atoms with Crippen molar-refractivity contribution < 1.29 is 17.6 Å². The van der Waals surface area contributed by atoms with Gasteiger partial charge >= 0.3 is 0 Å². The van der Waals surface area contributed by atoms with Crippen LogP contribution in [0.15, 0.2) is 60.8 Å². The van der Waals surface area contributed by atoms with E-state index >= 15 is 0 Å². The fourth-order valence-corrected chi connectivity index (χ4v) is 5.17. The molecule has 6 nitrogen and oxygen atoms in total. The highest BCUT2D eigenvalue weighted by Gasteiger charge is 2.32. The van der Waals surface area contributed by atoms with Gasteiger partial charge in [-0.05, 0) is 42.8 Å². The van der Waals surface area contributed by atoms with Crippen molar-refractivity contribution in [2.24, 2.45) is 5.92 Å². The van der Waals surface area contributed by atoms with Gasteiger partial charge < -0.3 is 5.32 Å². The maximum atomic E-state index is 13.3. The fourth-order valence-electron chi connectivity index (χ4n) is 3.43. The number of para-hydroxylation sites is 1. The third-order valence-electron chi connectivity index (χ3n) is 4.98. The Balaban J connectivity index is 1.60. The third-order valence-corrected chi connectivity index (χ3v) is 6.75. The predicted molar refractivity (Wildman–Crippen MR) is 108 cm³/mol. The summed E-state index contributed by atoms with van der Waals surface area (Å²) in [5.41, 5.74) is 2.98. The van der Waals surface area contributed by atoms with Crippen LogP contribution in [-0.4, -0.2) is 35.6 Å². The number of amides is 1. The molecule has 1 aliphatic rings. The zero-order valence-electron chi connectivity index (χ0n) is 15.6. The van der Waals surface area contributed by atoms with Crippen LogP contribution in [0.25, 0.3) is 16.9 Å². The number of carbonyl (C=O) groups is 1. The smallest absolute Gasteiger partial charge is 0.224 e. The first-order chi connectivity index (χ1) is 13.9. The minimum absolute atomic E-state index is 0.0534. The summed E-state index contributed by atoms with van der Waals surface area (Å²) in [4.78, 5) is 12.4. The molecule has 29 heavy (non-hydrogen) atoms. The average molecular weight is 413 g/mol. The number of rotatable bonds is 5. The first-order valence-corrected chi connectivity index (χ1v) is 11.1. The number of hydrogen-bond acceptors (Lipinski definition) is 4. The quantitative estimate of drug-likeness (QED) is 0.697. The Labute approximate surface area is 168 Å². The number of hydrogen-bond donors (Lipinski definition) is 1. The molecule has 0 spiro atoms. The largest absolute Gasteiger partial charge is 0.352 e. The molecule has 1 aliphatic heterocycles. The molecule has 0 saturated carbocycles. The van der Waals surface area contributed by atoms with Crippen molar-refractivity contribution in [2.45, 2.75) is 13.0 Å². The summed E-state index contributed by atoms with van der Waals surface area (Å²) >= 11 is 0. The van der Waals surface area contributed by atoms with Crippen LogP contribution in [0.5, 0.6) is 0 Å². The highest BCUT2D eigenvalue weighted by Crippen LogP contribution is 2.25. The second-order valence-electron chi connectivity index (χ2n) is 7.11. The molecule has 0 radical (unpaired) electrons. The van der Waals surface area contributed by atoms with Gasteiger partial charge in [0.2, 0.25) is 5.91 Å². The van der Waals surface area contributed by atoms with E-state index < -0.39 is 15.8 Å². The van der Waals surface area contributed by atoms with Crippen LogP contribution >= 0.6 is 0 Å². The lowest BCUT2D eigenvalue weighted by molar-refractivity contribution is -0.124. The number of carbonyl (C=O) groups excluding carboxylic acids is 1. The highest BCUT2D eigenvalue weighted by atomic mass is 32.2. The zero-order chi connectivity index (χ0) is 20.4. The number of nitrogens with zero attached hydrogens (tertiary/aromatic N) is 2. The van der Waals surface area contributed by atoms with Crippen molar-refractivity contribution in [1.29, 1.82) is 0 Å². The first-order valence-electron chi connectivity index (χ1n) is 9.29. The van der Waals surface area contributed by atoms with Gasteiger partial charge in [0.15, 0.2) is 9.84 Å². The van der Waals surface area contributed by atoms with E-state index in [2.05, 4.69) is 10.4 Å². The van der Waals surface area contributed by atoms with Crippen molar-refractivity contribution >= 4 is 15.7 Å². The molecule has 1 amide bonds. The van der Waals surface area contributed by atoms with E-state index in [-0.39, 0.29) is 29.8 Å². The second kappa shape index (κ2) is 7.79. The normalized spacial score (nSPS) is 17.9. The van der Waals surface area contributed by atoms with Crippen LogP contribution in [0, 0.1) is 11.7 Å². The van der Waals surface area contributed by atoms with Gasteiger partial charge in [0.25, 0.3) is 0 Å². The lowest BCUT2D eigenvalue weighted by Crippen LogP contribution is -2.31. The van der Waals surface area contributed by atoms with Crippen LogP contribution in [0.3, 0.4) is 0 Å². The molecule has 1 N–H and O–H groups in total. The lowest BCUT2D eigenvalue weighted by atomic mass is 10.1. The molecule has 150 valence electrons. The van der Waals surface area contributed by atoms with Crippen molar-refractivity contribution in [3.05, 3.63) is 72.2 Å². The van der Waals surface area contributed by atoms with E-state index in [0.29, 0.717) is 12.1 Å². The summed E-state index contributed by atoms with van der Waals surface area (Å²) in [6, 6.07) is 15.5. The number of aromatic nitrogens is 2. The topological polar surface area (TPSA) is 81.1 Å². The Kier molecular flexibility index (Phi) is 5.19. The van der Waals surface area contributed by atoms with Crippen molar-refractivity contribution in [3.63, 3.8) is 0 Å². The number of nitrogens with one attached hydrogen (secondary N) is 1. The molecule has 2 aromatic carbocycles. The number of halogens is 1. The molecule has 2 heterocycles. The van der Waals surface area contributed by atoms with E-state index in [0.717, 1.165) is 16.8 Å². The first kappa shape index (κ1) is 19.3. The highest BCUT2D eigenvalue weighted by molar-refractivity contribution is 7.91. The molecule has 1 saturated heterocycles. The van der Waals surface area contributed by atoms with Crippen molar-refractivity contribution in [1.82, 2.24) is 15.1 Å². The monoisotopic (exact) mass is 413 g/mol. The van der Waals surface area contributed by atoms with Gasteiger partial charge in [0.05, 0.1) is 28.8 Å². The molecule has 0 aliphatic carbocycles. The van der Waals surface area contributed by atoms with Gasteiger partial charge in [-0.15, -0.1) is 0 Å². The minimum Gasteiger partial charge on any atom is -0.352 e. The van der Waals surface area contributed by atoms with E-state index in [1.807, 2.05) is 36.5 Å². The SMILES string of the molecule is O=C(NCc1cn(-c2ccccc2)nc1-c1ccc(F)cc1)C1CCS(=O)(=O)C1. The van der Waals surface area contributed by atoms with Gasteiger partial charge in [0.1, 0.15) is 5.82 Å². The van der Waals surface area contributed by atoms with Gasteiger partial charge in [-0.1, -0.05) is 18.2 Å². The average Bonchev–Trinajstić information content (AvgIpc) is 3.31. The van der Waals surface area contributed by atoms with Crippen LogP contribution in [-0.2, 0) is 21.2 Å². The summed E-state index contributed by atoms with van der Waals surface area (Å²) < 4.78 is 38.3. The molecule has 8 heteroatoms. The number of benzene rings is 2. The van der Waals surface area contributed by atoms with Gasteiger partial charge in [-0.2, -0.15) is 5.10 Å². The van der Waals surface area contributed by atoms with E-state index in [9.17, 15) is 17.6 Å². The van der Waals surface area contributed by atoms with Gasteiger partial charge in [-0.25, -0.2) is 17.5 Å². The van der Waals surface area contributed by atoms with Crippen LogP contribution in [0.1, 0.15) is 12.0 Å². The summed E-state index contributed by atoms with van der Waals surface area (Å²) in [6.07, 6.45) is 2.17. The summed E-state index contributed by atoms with van der Waals surface area (Å²) in [5.74, 6) is -1.18. The molecule has 1 fully saturated rings. The Hall–Kier alpha value is -3.00. The molecule has 1 atom stereocenters. The maximum absolute atomic E-state index is 13.3. The Bertz CT molecular complexity index is 1130. The predicted octanol–water partition coefficient (Wildman–Crippen LogP) is 2.73. The third kappa shape index (κ3) is 4.37. The summed E-state index contributed by atoms with van der Waals surface area (Å²) in [5, 5.41) is 7.46. The molecule has 1 aromatic heterocycles. The van der Waals surface area contributed by atoms with E-state index in [1.54, 1.807) is 16.8 Å². The molecule has 3 aromatic rings. The standard InChI is InChI=1S/C21H20FN3O3S/c22-18-8-6-15(7-9-18)20-17(13-25(24-20)19-4-2-1-3-5-19)12-23-21(26)16-10-11-29(27,28)14-16/h1-9,13,16H,10-12,14H2,(H,23,26). The Morgan fingerprint density at radius 2 is 1.86 bits per heavy atom. The van der Waals surface area contributed by atoms with Crippen LogP contribution in [0.4, 0.5) is 4.39 Å². The van der Waals surface area contributed by atoms with E-state index in [1.165, 1.54) is 12.1 Å². The zero-order valence-corrected chi connectivity index (χ0v) is 16.4.